The summed E-state index contributed by atoms with van der Waals surface area (Å²) in [5.74, 6) is 1.62. The molecule has 0 unspecified atom stereocenters. The van der Waals surface area contributed by atoms with E-state index in [1.54, 1.807) is 13.2 Å². The monoisotopic (exact) mass is 249 g/mol. The summed E-state index contributed by atoms with van der Waals surface area (Å²) >= 11 is 0. The van der Waals surface area contributed by atoms with Crippen LogP contribution in [0.25, 0.3) is 0 Å². The van der Waals surface area contributed by atoms with Gasteiger partial charge in [-0.25, -0.2) is 14.9 Å². The highest BCUT2D eigenvalue weighted by Crippen LogP contribution is 2.10. The van der Waals surface area contributed by atoms with Crippen molar-refractivity contribution in [1.82, 2.24) is 24.7 Å². The number of nitrogens with zero attached hydrogens (tertiary/aromatic N) is 4. The molecule has 0 aliphatic carbocycles. The summed E-state index contributed by atoms with van der Waals surface area (Å²) in [6, 6.07) is 0. The number of nitrogens with one attached hydrogen (secondary N) is 2. The summed E-state index contributed by atoms with van der Waals surface area (Å²) in [6.45, 7) is 2.50. The zero-order chi connectivity index (χ0) is 13.1. The van der Waals surface area contributed by atoms with Gasteiger partial charge in [0.1, 0.15) is 11.6 Å². The molecule has 0 spiro atoms. The second-order valence-electron chi connectivity index (χ2n) is 3.94. The van der Waals surface area contributed by atoms with Gasteiger partial charge in [0.05, 0.1) is 0 Å². The highest BCUT2D eigenvalue weighted by Gasteiger charge is 2.05. The van der Waals surface area contributed by atoms with E-state index in [1.165, 1.54) is 4.57 Å². The van der Waals surface area contributed by atoms with E-state index in [9.17, 15) is 4.79 Å². The molecule has 0 bridgehead atoms. The smallest absolute Gasteiger partial charge is 0.343 e. The minimum atomic E-state index is -0.215. The lowest BCUT2D eigenvalue weighted by Crippen LogP contribution is -2.17. The van der Waals surface area contributed by atoms with Crippen molar-refractivity contribution in [3.8, 4) is 0 Å². The molecule has 2 aromatic rings. The molecule has 0 fully saturated rings. The fourth-order valence-electron chi connectivity index (χ4n) is 1.53. The third-order valence-corrected chi connectivity index (χ3v) is 2.60. The van der Waals surface area contributed by atoms with Crippen molar-refractivity contribution in [3.05, 3.63) is 28.1 Å². The lowest BCUT2D eigenvalue weighted by molar-refractivity contribution is 0.770. The molecule has 2 aromatic heterocycles. The number of aryl methyl sites for hydroxylation is 1. The lowest BCUT2D eigenvalue weighted by atomic mass is 10.3. The predicted octanol–water partition coefficient (Wildman–Crippen LogP) is -0.556. The predicted molar refractivity (Wildman–Crippen MR) is 67.2 cm³/mol. The fourth-order valence-corrected chi connectivity index (χ4v) is 1.53. The normalized spacial score (nSPS) is 10.6. The van der Waals surface area contributed by atoms with Crippen LogP contribution in [-0.4, -0.2) is 31.3 Å². The number of aromatic nitrogens is 5. The summed E-state index contributed by atoms with van der Waals surface area (Å²) in [6.07, 6.45) is 2.27. The molecule has 8 heteroatoms. The maximum Gasteiger partial charge on any atom is 0.343 e. The summed E-state index contributed by atoms with van der Waals surface area (Å²) in [5, 5.41) is 9.44. The van der Waals surface area contributed by atoms with Crippen LogP contribution in [0.2, 0.25) is 0 Å². The third kappa shape index (κ3) is 2.47. The Morgan fingerprint density at radius 2 is 2.33 bits per heavy atom. The molecule has 0 atom stereocenters. The zero-order valence-corrected chi connectivity index (χ0v) is 10.3. The average molecular weight is 249 g/mol. The van der Waals surface area contributed by atoms with Crippen molar-refractivity contribution in [1.29, 1.82) is 0 Å². The van der Waals surface area contributed by atoms with Crippen LogP contribution in [0, 0.1) is 6.92 Å². The van der Waals surface area contributed by atoms with Crippen molar-refractivity contribution in [2.24, 2.45) is 7.05 Å². The minimum Gasteiger partial charge on any atom is -0.369 e. The molecule has 0 radical (unpaired) electrons. The largest absolute Gasteiger partial charge is 0.369 e. The molecule has 2 heterocycles. The number of H-pyrrole nitrogens is 1. The quantitative estimate of drug-likeness (QED) is 0.669. The van der Waals surface area contributed by atoms with Crippen molar-refractivity contribution < 1.29 is 0 Å². The second kappa shape index (κ2) is 4.86. The first-order chi connectivity index (χ1) is 8.58. The highest BCUT2D eigenvalue weighted by atomic mass is 16.1. The molecule has 4 N–H and O–H groups in total. The van der Waals surface area contributed by atoms with Gasteiger partial charge in [-0.1, -0.05) is 0 Å². The maximum absolute atomic E-state index is 11.2. The van der Waals surface area contributed by atoms with Crippen LogP contribution in [-0.2, 0) is 13.5 Å². The Morgan fingerprint density at radius 1 is 1.56 bits per heavy atom. The molecule has 2 rings (SSSR count). The van der Waals surface area contributed by atoms with Crippen LogP contribution in [0.5, 0.6) is 0 Å². The number of hydrogen-bond acceptors (Lipinski definition) is 6. The SMILES string of the molecule is Cc1cnc(N)nc1NCCc1n[nH]c(=O)n1C. The number of aromatic amines is 1. The first-order valence-corrected chi connectivity index (χ1v) is 5.51. The number of nitrogen functional groups attached to an aromatic ring is 1. The summed E-state index contributed by atoms with van der Waals surface area (Å²) in [7, 11) is 1.68. The molecular formula is C10H15N7O. The summed E-state index contributed by atoms with van der Waals surface area (Å²) in [5.41, 5.74) is 6.21. The molecule has 8 nitrogen and oxygen atoms in total. The Labute approximate surface area is 103 Å². The van der Waals surface area contributed by atoms with Gasteiger partial charge in [0, 0.05) is 31.8 Å². The van der Waals surface area contributed by atoms with Gasteiger partial charge in [-0.2, -0.15) is 10.1 Å². The van der Waals surface area contributed by atoms with E-state index >= 15 is 0 Å². The molecule has 0 saturated carbocycles. The number of nitrogens with two attached hydrogens (primary N) is 1. The van der Waals surface area contributed by atoms with Gasteiger partial charge in [-0.05, 0) is 6.92 Å². The molecule has 0 aliphatic rings. The van der Waals surface area contributed by atoms with Crippen molar-refractivity contribution in [2.45, 2.75) is 13.3 Å². The Kier molecular flexibility index (Phi) is 3.26. The molecule has 96 valence electrons. The number of hydrogen-bond donors (Lipinski definition) is 3. The van der Waals surface area contributed by atoms with E-state index in [-0.39, 0.29) is 11.6 Å². The van der Waals surface area contributed by atoms with Gasteiger partial charge in [0.15, 0.2) is 0 Å². The van der Waals surface area contributed by atoms with Gasteiger partial charge in [0.25, 0.3) is 0 Å². The lowest BCUT2D eigenvalue weighted by Gasteiger charge is -2.07. The van der Waals surface area contributed by atoms with Crippen LogP contribution >= 0.6 is 0 Å². The Morgan fingerprint density at radius 3 is 3.00 bits per heavy atom. The molecule has 0 aliphatic heterocycles. The van der Waals surface area contributed by atoms with E-state index in [1.807, 2.05) is 6.92 Å². The highest BCUT2D eigenvalue weighted by molar-refractivity contribution is 5.44. The minimum absolute atomic E-state index is 0.215. The Bertz CT molecular complexity index is 601. The second-order valence-corrected chi connectivity index (χ2v) is 3.94. The van der Waals surface area contributed by atoms with Gasteiger partial charge in [-0.3, -0.25) is 4.57 Å². The van der Waals surface area contributed by atoms with Crippen LogP contribution in [0.1, 0.15) is 11.4 Å². The standard InChI is InChI=1S/C10H15N7O/c1-6-5-13-9(11)14-8(6)12-4-3-7-15-16-10(18)17(7)2/h5H,3-4H2,1-2H3,(H,16,18)(H3,11,12,13,14). The van der Waals surface area contributed by atoms with Crippen molar-refractivity contribution in [3.63, 3.8) is 0 Å². The average Bonchev–Trinajstić information content (AvgIpc) is 2.65. The van der Waals surface area contributed by atoms with Gasteiger partial charge in [0.2, 0.25) is 5.95 Å². The van der Waals surface area contributed by atoms with E-state index in [0.717, 1.165) is 5.56 Å². The summed E-state index contributed by atoms with van der Waals surface area (Å²) in [4.78, 5) is 19.1. The van der Waals surface area contributed by atoms with Crippen LogP contribution < -0.4 is 16.7 Å². The van der Waals surface area contributed by atoms with Gasteiger partial charge < -0.3 is 11.1 Å². The molecular weight excluding hydrogens is 234 g/mol. The van der Waals surface area contributed by atoms with E-state index in [2.05, 4.69) is 25.5 Å². The van der Waals surface area contributed by atoms with Crippen LogP contribution in [0.15, 0.2) is 11.0 Å². The van der Waals surface area contributed by atoms with E-state index in [4.69, 9.17) is 5.73 Å². The van der Waals surface area contributed by atoms with Crippen molar-refractivity contribution in [2.75, 3.05) is 17.6 Å². The van der Waals surface area contributed by atoms with Gasteiger partial charge in [-0.15, -0.1) is 0 Å². The summed E-state index contributed by atoms with van der Waals surface area (Å²) < 4.78 is 1.48. The van der Waals surface area contributed by atoms with E-state index < -0.39 is 0 Å². The first kappa shape index (κ1) is 12.1. The topological polar surface area (TPSA) is 115 Å². The van der Waals surface area contributed by atoms with E-state index in [0.29, 0.717) is 24.6 Å². The van der Waals surface area contributed by atoms with Crippen LogP contribution in [0.4, 0.5) is 11.8 Å². The Balaban J connectivity index is 1.98. The molecule has 0 saturated heterocycles. The zero-order valence-electron chi connectivity index (χ0n) is 10.3. The maximum atomic E-state index is 11.2. The van der Waals surface area contributed by atoms with Crippen LogP contribution in [0.3, 0.4) is 0 Å². The molecule has 18 heavy (non-hydrogen) atoms. The number of rotatable bonds is 4. The molecule has 0 amide bonds. The fraction of sp³-hybridized carbons (Fsp3) is 0.400. The third-order valence-electron chi connectivity index (χ3n) is 2.60. The first-order valence-electron chi connectivity index (χ1n) is 5.51. The molecule has 0 aromatic carbocycles. The van der Waals surface area contributed by atoms with Gasteiger partial charge >= 0.3 is 5.69 Å². The van der Waals surface area contributed by atoms with Crippen molar-refractivity contribution >= 4 is 11.8 Å². The Hall–Kier alpha value is -2.38. The number of anilines is 2.